The molecular formula is C20H17FN10O. The van der Waals surface area contributed by atoms with E-state index in [0.717, 1.165) is 16.6 Å². The molecule has 0 amide bonds. The second-order valence-corrected chi connectivity index (χ2v) is 6.94. The number of halogens is 1. The highest BCUT2D eigenvalue weighted by atomic mass is 19.1. The normalized spacial score (nSPS) is 11.1. The number of hydrogen-bond donors (Lipinski definition) is 1. The van der Waals surface area contributed by atoms with Crippen molar-refractivity contribution in [1.29, 1.82) is 0 Å². The third-order valence-electron chi connectivity index (χ3n) is 4.86. The van der Waals surface area contributed by atoms with E-state index >= 15 is 0 Å². The van der Waals surface area contributed by atoms with Gasteiger partial charge in [0.25, 0.3) is 0 Å². The van der Waals surface area contributed by atoms with Crippen LogP contribution in [0.15, 0.2) is 48.7 Å². The maximum Gasteiger partial charge on any atom is 0.249 e. The Labute approximate surface area is 180 Å². The Morgan fingerprint density at radius 2 is 1.97 bits per heavy atom. The maximum absolute atomic E-state index is 14.0. The molecule has 5 aromatic rings. The van der Waals surface area contributed by atoms with Gasteiger partial charge in [-0.25, -0.2) is 23.7 Å². The average molecular weight is 432 g/mol. The number of rotatable bonds is 6. The Morgan fingerprint density at radius 3 is 2.75 bits per heavy atom. The van der Waals surface area contributed by atoms with Crippen molar-refractivity contribution in [2.24, 2.45) is 7.05 Å². The van der Waals surface area contributed by atoms with E-state index in [2.05, 4.69) is 41.1 Å². The zero-order valence-corrected chi connectivity index (χ0v) is 17.1. The molecule has 0 saturated heterocycles. The van der Waals surface area contributed by atoms with Crippen LogP contribution in [0.4, 0.5) is 16.3 Å². The Balaban J connectivity index is 1.41. The van der Waals surface area contributed by atoms with Gasteiger partial charge in [0.1, 0.15) is 5.52 Å². The molecule has 0 atom stereocenters. The van der Waals surface area contributed by atoms with E-state index in [0.29, 0.717) is 29.7 Å². The molecule has 12 heteroatoms. The van der Waals surface area contributed by atoms with Crippen LogP contribution in [0.2, 0.25) is 0 Å². The van der Waals surface area contributed by atoms with Crippen molar-refractivity contribution >= 4 is 22.9 Å². The minimum Gasteiger partial charge on any atom is -0.494 e. The lowest BCUT2D eigenvalue weighted by Crippen LogP contribution is -2.04. The fourth-order valence-corrected chi connectivity index (χ4v) is 3.24. The van der Waals surface area contributed by atoms with Crippen LogP contribution in [-0.4, -0.2) is 52.3 Å². The van der Waals surface area contributed by atoms with Crippen molar-refractivity contribution in [3.8, 4) is 17.0 Å². The van der Waals surface area contributed by atoms with Gasteiger partial charge in [0.15, 0.2) is 11.6 Å². The molecule has 11 nitrogen and oxygen atoms in total. The molecule has 0 fully saturated rings. The summed E-state index contributed by atoms with van der Waals surface area (Å²) in [7, 11) is 3.15. The Kier molecular flexibility index (Phi) is 4.86. The number of tetrazole rings is 1. The van der Waals surface area contributed by atoms with Crippen LogP contribution in [0.1, 0.15) is 5.56 Å². The Hall–Kier alpha value is -4.48. The van der Waals surface area contributed by atoms with Gasteiger partial charge in [-0.1, -0.05) is 22.4 Å². The van der Waals surface area contributed by atoms with Gasteiger partial charge in [-0.15, -0.1) is 5.10 Å². The monoisotopic (exact) mass is 432 g/mol. The summed E-state index contributed by atoms with van der Waals surface area (Å²) in [6.07, 6.45) is 1.65. The third kappa shape index (κ3) is 3.69. The van der Waals surface area contributed by atoms with Crippen LogP contribution in [0, 0.1) is 5.82 Å². The number of aryl methyl sites for hydroxylation is 1. The van der Waals surface area contributed by atoms with Gasteiger partial charge in [-0.2, -0.15) is 0 Å². The quantitative estimate of drug-likeness (QED) is 0.431. The number of methoxy groups -OCH3 is 1. The van der Waals surface area contributed by atoms with Crippen LogP contribution in [0.25, 0.3) is 22.3 Å². The number of benzene rings is 2. The van der Waals surface area contributed by atoms with E-state index < -0.39 is 5.82 Å². The SMILES string of the molecule is COc1ccc(Cn2nnc3cc(-c4ccnc(Nc5nnnn5C)n4)ccc32)cc1F. The third-order valence-corrected chi connectivity index (χ3v) is 4.86. The predicted molar refractivity (Wildman–Crippen MR) is 113 cm³/mol. The molecule has 0 unspecified atom stereocenters. The fourth-order valence-electron chi connectivity index (χ4n) is 3.24. The molecule has 0 aliphatic heterocycles. The van der Waals surface area contributed by atoms with Crippen molar-refractivity contribution in [1.82, 2.24) is 45.2 Å². The number of fused-ring (bicyclic) bond motifs is 1. The van der Waals surface area contributed by atoms with Gasteiger partial charge in [-0.05, 0) is 46.3 Å². The first-order valence-corrected chi connectivity index (χ1v) is 9.59. The van der Waals surface area contributed by atoms with Gasteiger partial charge < -0.3 is 4.74 Å². The summed E-state index contributed by atoms with van der Waals surface area (Å²) in [5.41, 5.74) is 3.82. The molecule has 3 aromatic heterocycles. The summed E-state index contributed by atoms with van der Waals surface area (Å²) in [5.74, 6) is 0.583. The average Bonchev–Trinajstić information content (AvgIpc) is 3.39. The molecule has 1 N–H and O–H groups in total. The standard InChI is InChI=1S/C20H17FN10O/c1-30-20(26-27-29-30)24-19-22-8-7-15(23-19)13-4-5-17-16(10-13)25-28-31(17)11-12-3-6-18(32-2)14(21)9-12/h3-10H,11H2,1-2H3,(H,22,23,24,26,29). The van der Waals surface area contributed by atoms with Crippen molar-refractivity contribution in [2.75, 3.05) is 12.4 Å². The Bertz CT molecular complexity index is 1410. The van der Waals surface area contributed by atoms with Gasteiger partial charge in [0.2, 0.25) is 11.9 Å². The lowest BCUT2D eigenvalue weighted by molar-refractivity contribution is 0.386. The van der Waals surface area contributed by atoms with Crippen molar-refractivity contribution < 1.29 is 9.13 Å². The van der Waals surface area contributed by atoms with Crippen molar-refractivity contribution in [2.45, 2.75) is 6.54 Å². The van der Waals surface area contributed by atoms with Gasteiger partial charge >= 0.3 is 0 Å². The largest absolute Gasteiger partial charge is 0.494 e. The molecule has 160 valence electrons. The zero-order chi connectivity index (χ0) is 22.1. The lowest BCUT2D eigenvalue weighted by atomic mass is 10.1. The molecule has 32 heavy (non-hydrogen) atoms. The zero-order valence-electron chi connectivity index (χ0n) is 17.1. The minimum absolute atomic E-state index is 0.205. The molecule has 0 radical (unpaired) electrons. The summed E-state index contributed by atoms with van der Waals surface area (Å²) < 4.78 is 22.2. The number of nitrogens with zero attached hydrogens (tertiary/aromatic N) is 9. The first-order valence-electron chi connectivity index (χ1n) is 9.59. The highest BCUT2D eigenvalue weighted by Crippen LogP contribution is 2.24. The van der Waals surface area contributed by atoms with Crippen molar-refractivity contribution in [3.05, 3.63) is 60.0 Å². The van der Waals surface area contributed by atoms with Crippen LogP contribution in [0.3, 0.4) is 0 Å². The maximum atomic E-state index is 14.0. The smallest absolute Gasteiger partial charge is 0.249 e. The van der Waals surface area contributed by atoms with Gasteiger partial charge in [0.05, 0.1) is 24.9 Å². The second kappa shape index (κ2) is 7.98. The van der Waals surface area contributed by atoms with Gasteiger partial charge in [0, 0.05) is 18.8 Å². The highest BCUT2D eigenvalue weighted by Gasteiger charge is 2.11. The van der Waals surface area contributed by atoms with E-state index in [1.54, 1.807) is 36.1 Å². The summed E-state index contributed by atoms with van der Waals surface area (Å²) >= 11 is 0. The second-order valence-electron chi connectivity index (χ2n) is 6.94. The van der Waals surface area contributed by atoms with Gasteiger partial charge in [-0.3, -0.25) is 5.32 Å². The van der Waals surface area contributed by atoms with Crippen LogP contribution < -0.4 is 10.1 Å². The highest BCUT2D eigenvalue weighted by molar-refractivity contribution is 5.80. The topological polar surface area (TPSA) is 121 Å². The molecular weight excluding hydrogens is 415 g/mol. The first-order chi connectivity index (χ1) is 15.6. The van der Waals surface area contributed by atoms with Crippen LogP contribution >= 0.6 is 0 Å². The molecule has 0 aliphatic carbocycles. The summed E-state index contributed by atoms with van der Waals surface area (Å²) in [5, 5.41) is 22.7. The minimum atomic E-state index is -0.415. The number of ether oxygens (including phenoxy) is 1. The van der Waals surface area contributed by atoms with Crippen LogP contribution in [-0.2, 0) is 13.6 Å². The number of hydrogen-bond acceptors (Lipinski definition) is 9. The number of anilines is 2. The lowest BCUT2D eigenvalue weighted by Gasteiger charge is -2.07. The van der Waals surface area contributed by atoms with E-state index in [1.807, 2.05) is 18.2 Å². The molecule has 3 heterocycles. The fraction of sp³-hybridized carbons (Fsp3) is 0.150. The van der Waals surface area contributed by atoms with E-state index in [1.165, 1.54) is 17.9 Å². The molecule has 0 spiro atoms. The molecule has 5 rings (SSSR count). The molecule has 2 aromatic carbocycles. The van der Waals surface area contributed by atoms with Crippen molar-refractivity contribution in [3.63, 3.8) is 0 Å². The Morgan fingerprint density at radius 1 is 1.06 bits per heavy atom. The molecule has 0 saturated carbocycles. The molecule has 0 bridgehead atoms. The van der Waals surface area contributed by atoms with E-state index in [4.69, 9.17) is 4.74 Å². The summed E-state index contributed by atoms with van der Waals surface area (Å²) in [6, 6.07) is 12.3. The summed E-state index contributed by atoms with van der Waals surface area (Å²) in [6.45, 7) is 0.379. The number of nitrogens with one attached hydrogen (secondary N) is 1. The van der Waals surface area contributed by atoms with E-state index in [-0.39, 0.29) is 5.75 Å². The van der Waals surface area contributed by atoms with Crippen LogP contribution in [0.5, 0.6) is 5.75 Å². The predicted octanol–water partition coefficient (Wildman–Crippen LogP) is 2.35. The number of aromatic nitrogens is 9. The molecule has 0 aliphatic rings. The summed E-state index contributed by atoms with van der Waals surface area (Å²) in [4.78, 5) is 8.74. The van der Waals surface area contributed by atoms with E-state index in [9.17, 15) is 4.39 Å². The first kappa shape index (κ1) is 19.5.